The monoisotopic (exact) mass is 442 g/mol. The van der Waals surface area contributed by atoms with Crippen LogP contribution < -0.4 is 0 Å². The van der Waals surface area contributed by atoms with Crippen LogP contribution in [0.15, 0.2) is 41.0 Å². The van der Waals surface area contributed by atoms with Gasteiger partial charge >= 0.3 is 6.09 Å². The molecule has 1 unspecified atom stereocenters. The van der Waals surface area contributed by atoms with E-state index in [0.29, 0.717) is 6.54 Å². The van der Waals surface area contributed by atoms with Gasteiger partial charge in [0.15, 0.2) is 0 Å². The first-order valence-corrected chi connectivity index (χ1v) is 10.2. The molecular weight excluding hydrogens is 420 g/mol. The highest BCUT2D eigenvalue weighted by atomic mass is 79.9. The Labute approximate surface area is 172 Å². The van der Waals surface area contributed by atoms with Crippen molar-refractivity contribution in [1.82, 2.24) is 19.9 Å². The lowest BCUT2D eigenvalue weighted by Crippen LogP contribution is -2.36. The lowest BCUT2D eigenvalue weighted by Gasteiger charge is -2.27. The van der Waals surface area contributed by atoms with Crippen LogP contribution in [0.5, 0.6) is 0 Å². The summed E-state index contributed by atoms with van der Waals surface area (Å²) in [5, 5.41) is 0. The maximum atomic E-state index is 12.6. The Bertz CT molecular complexity index is 1010. The van der Waals surface area contributed by atoms with E-state index in [0.717, 1.165) is 45.4 Å². The molecule has 1 atom stereocenters. The van der Waals surface area contributed by atoms with E-state index in [-0.39, 0.29) is 12.1 Å². The SMILES string of the molecule is CC(C)(C)OC(=O)N1CCCC1c1nc2ccc(-c3ccc(Br)cn3)cc2[nH]1. The molecule has 3 aromatic rings. The van der Waals surface area contributed by atoms with E-state index < -0.39 is 5.60 Å². The average molecular weight is 443 g/mol. The second-order valence-electron chi connectivity index (χ2n) is 8.05. The fourth-order valence-corrected chi connectivity index (χ4v) is 3.72. The minimum atomic E-state index is -0.509. The summed E-state index contributed by atoms with van der Waals surface area (Å²) in [6, 6.07) is 9.92. The number of carbonyl (C=O) groups excluding carboxylic acids is 1. The number of hydrogen-bond acceptors (Lipinski definition) is 4. The van der Waals surface area contributed by atoms with Crippen LogP contribution in [0, 0.1) is 0 Å². The summed E-state index contributed by atoms with van der Waals surface area (Å²) in [6.45, 7) is 6.34. The summed E-state index contributed by atoms with van der Waals surface area (Å²) >= 11 is 3.41. The molecular formula is C21H23BrN4O2. The molecule has 1 aliphatic rings. The summed E-state index contributed by atoms with van der Waals surface area (Å²) in [7, 11) is 0. The van der Waals surface area contributed by atoms with Gasteiger partial charge in [0.25, 0.3) is 0 Å². The van der Waals surface area contributed by atoms with Gasteiger partial charge in [0.05, 0.1) is 22.8 Å². The molecule has 1 fully saturated rings. The van der Waals surface area contributed by atoms with Crippen LogP contribution in [-0.4, -0.2) is 38.1 Å². The van der Waals surface area contributed by atoms with Crippen LogP contribution in [0.1, 0.15) is 45.5 Å². The van der Waals surface area contributed by atoms with Crippen LogP contribution in [0.2, 0.25) is 0 Å². The molecule has 1 aromatic carbocycles. The minimum absolute atomic E-state index is 0.0866. The zero-order valence-electron chi connectivity index (χ0n) is 16.2. The molecule has 3 heterocycles. The molecule has 2 aromatic heterocycles. The second-order valence-corrected chi connectivity index (χ2v) is 8.96. The zero-order chi connectivity index (χ0) is 19.9. The van der Waals surface area contributed by atoms with E-state index in [1.807, 2.05) is 45.0 Å². The largest absolute Gasteiger partial charge is 0.444 e. The highest BCUT2D eigenvalue weighted by molar-refractivity contribution is 9.10. The molecule has 1 amide bonds. The van der Waals surface area contributed by atoms with Crippen molar-refractivity contribution in [3.05, 3.63) is 46.8 Å². The van der Waals surface area contributed by atoms with Crippen LogP contribution in [0.25, 0.3) is 22.3 Å². The summed E-state index contributed by atoms with van der Waals surface area (Å²) in [6.07, 6.45) is 3.32. The van der Waals surface area contributed by atoms with E-state index in [2.05, 4.69) is 32.0 Å². The van der Waals surface area contributed by atoms with Crippen LogP contribution in [0.4, 0.5) is 4.79 Å². The summed E-state index contributed by atoms with van der Waals surface area (Å²) in [5.41, 5.74) is 3.23. The van der Waals surface area contributed by atoms with E-state index in [1.54, 1.807) is 11.1 Å². The molecule has 0 radical (unpaired) electrons. The van der Waals surface area contributed by atoms with E-state index in [4.69, 9.17) is 9.72 Å². The highest BCUT2D eigenvalue weighted by Gasteiger charge is 2.34. The quantitative estimate of drug-likeness (QED) is 0.571. The van der Waals surface area contributed by atoms with E-state index >= 15 is 0 Å². The number of aromatic nitrogens is 3. The van der Waals surface area contributed by atoms with Gasteiger partial charge in [0.1, 0.15) is 11.4 Å². The Morgan fingerprint density at radius 1 is 1.29 bits per heavy atom. The number of likely N-dealkylation sites (tertiary alicyclic amines) is 1. The maximum Gasteiger partial charge on any atom is 0.410 e. The highest BCUT2D eigenvalue weighted by Crippen LogP contribution is 2.33. The predicted octanol–water partition coefficient (Wildman–Crippen LogP) is 5.46. The van der Waals surface area contributed by atoms with Gasteiger partial charge in [-0.2, -0.15) is 0 Å². The van der Waals surface area contributed by atoms with Gasteiger partial charge in [-0.05, 0) is 73.8 Å². The van der Waals surface area contributed by atoms with Crippen molar-refractivity contribution in [1.29, 1.82) is 0 Å². The van der Waals surface area contributed by atoms with Gasteiger partial charge in [0.2, 0.25) is 0 Å². The summed E-state index contributed by atoms with van der Waals surface area (Å²) < 4.78 is 6.52. The average Bonchev–Trinajstić information content (AvgIpc) is 3.27. The number of imidazole rings is 1. The molecule has 146 valence electrons. The number of amides is 1. The molecule has 28 heavy (non-hydrogen) atoms. The Hall–Kier alpha value is -2.41. The number of rotatable bonds is 2. The van der Waals surface area contributed by atoms with Crippen molar-refractivity contribution in [2.75, 3.05) is 6.54 Å². The lowest BCUT2D eigenvalue weighted by atomic mass is 10.1. The van der Waals surface area contributed by atoms with Crippen molar-refractivity contribution < 1.29 is 9.53 Å². The minimum Gasteiger partial charge on any atom is -0.444 e. The third-order valence-electron chi connectivity index (χ3n) is 4.72. The maximum absolute atomic E-state index is 12.6. The second kappa shape index (κ2) is 7.20. The number of halogens is 1. The zero-order valence-corrected chi connectivity index (χ0v) is 17.8. The van der Waals surface area contributed by atoms with Gasteiger partial charge in [-0.25, -0.2) is 9.78 Å². The van der Waals surface area contributed by atoms with Crippen LogP contribution >= 0.6 is 15.9 Å². The predicted molar refractivity (Wildman–Crippen MR) is 112 cm³/mol. The van der Waals surface area contributed by atoms with Crippen molar-refractivity contribution >= 4 is 33.1 Å². The molecule has 1 aliphatic heterocycles. The number of hydrogen-bond donors (Lipinski definition) is 1. The number of nitrogens with zero attached hydrogens (tertiary/aromatic N) is 3. The lowest BCUT2D eigenvalue weighted by molar-refractivity contribution is 0.0219. The molecule has 0 saturated carbocycles. The molecule has 6 nitrogen and oxygen atoms in total. The third kappa shape index (κ3) is 3.90. The van der Waals surface area contributed by atoms with Crippen molar-refractivity contribution in [3.8, 4) is 11.3 Å². The Balaban J connectivity index is 1.62. The fourth-order valence-electron chi connectivity index (χ4n) is 3.48. The molecule has 0 spiro atoms. The van der Waals surface area contributed by atoms with Crippen molar-refractivity contribution in [2.45, 2.75) is 45.3 Å². The van der Waals surface area contributed by atoms with E-state index in [9.17, 15) is 4.79 Å². The fraction of sp³-hybridized carbons (Fsp3) is 0.381. The van der Waals surface area contributed by atoms with Crippen molar-refractivity contribution in [3.63, 3.8) is 0 Å². The van der Waals surface area contributed by atoms with E-state index in [1.165, 1.54) is 0 Å². The first-order chi connectivity index (χ1) is 13.3. The Morgan fingerprint density at radius 3 is 2.82 bits per heavy atom. The van der Waals surface area contributed by atoms with Gasteiger partial charge in [-0.3, -0.25) is 9.88 Å². The van der Waals surface area contributed by atoms with Gasteiger partial charge in [0, 0.05) is 22.8 Å². The van der Waals surface area contributed by atoms with Gasteiger partial charge in [-0.1, -0.05) is 6.07 Å². The number of carbonyl (C=O) groups is 1. The van der Waals surface area contributed by atoms with Crippen LogP contribution in [0.3, 0.4) is 0 Å². The third-order valence-corrected chi connectivity index (χ3v) is 5.19. The smallest absolute Gasteiger partial charge is 0.410 e. The Kier molecular flexibility index (Phi) is 4.87. The normalized spacial score (nSPS) is 17.3. The number of aromatic amines is 1. The number of fused-ring (bicyclic) bond motifs is 1. The van der Waals surface area contributed by atoms with Gasteiger partial charge < -0.3 is 9.72 Å². The Morgan fingerprint density at radius 2 is 2.11 bits per heavy atom. The van der Waals surface area contributed by atoms with Gasteiger partial charge in [-0.15, -0.1) is 0 Å². The molecule has 4 rings (SSSR count). The molecule has 0 bridgehead atoms. The molecule has 0 aliphatic carbocycles. The number of H-pyrrole nitrogens is 1. The first kappa shape index (κ1) is 18.9. The molecule has 7 heteroatoms. The standard InChI is InChI=1S/C21H23BrN4O2/c1-21(2,3)28-20(27)26-10-4-5-18(26)19-24-16-8-6-13(11-17(16)25-19)15-9-7-14(22)12-23-15/h6-9,11-12,18H,4-5,10H2,1-3H3,(H,24,25). The topological polar surface area (TPSA) is 71.1 Å². The summed E-state index contributed by atoms with van der Waals surface area (Å²) in [5.74, 6) is 0.805. The molecule has 1 N–H and O–H groups in total. The number of pyridine rings is 1. The van der Waals surface area contributed by atoms with Crippen molar-refractivity contribution in [2.24, 2.45) is 0 Å². The molecule has 1 saturated heterocycles. The first-order valence-electron chi connectivity index (χ1n) is 9.41. The van der Waals surface area contributed by atoms with Crippen LogP contribution in [-0.2, 0) is 4.74 Å². The summed E-state index contributed by atoms with van der Waals surface area (Å²) in [4.78, 5) is 27.0. The number of ether oxygens (including phenoxy) is 1. The number of benzene rings is 1. The number of nitrogens with one attached hydrogen (secondary N) is 1.